The van der Waals surface area contributed by atoms with Gasteiger partial charge in [-0.3, -0.25) is 9.59 Å². The number of hydrogen-bond acceptors (Lipinski definition) is 4. The number of carbonyl (C=O) groups is 1. The van der Waals surface area contributed by atoms with E-state index in [-0.39, 0.29) is 23.4 Å². The van der Waals surface area contributed by atoms with Crippen LogP contribution >= 0.6 is 23.4 Å². The first kappa shape index (κ1) is 19.6. The first-order valence-electron chi connectivity index (χ1n) is 8.67. The molecule has 1 aliphatic heterocycles. The monoisotopic (exact) mass is 433 g/mol. The number of aromatic nitrogens is 2. The van der Waals surface area contributed by atoms with Gasteiger partial charge in [0.2, 0.25) is 5.91 Å². The first-order chi connectivity index (χ1) is 13.9. The van der Waals surface area contributed by atoms with Crippen LogP contribution in [-0.2, 0) is 10.5 Å². The third kappa shape index (κ3) is 4.18. The molecule has 2 aromatic carbocycles. The second kappa shape index (κ2) is 7.96. The number of halogens is 3. The molecule has 0 saturated carbocycles. The molecule has 9 heteroatoms. The van der Waals surface area contributed by atoms with E-state index in [1.54, 1.807) is 12.1 Å². The second-order valence-electron chi connectivity index (χ2n) is 6.52. The number of thioether (sulfide) groups is 1. The predicted octanol–water partition coefficient (Wildman–Crippen LogP) is 4.47. The molecule has 1 aromatic heterocycles. The van der Waals surface area contributed by atoms with Crippen molar-refractivity contribution in [3.8, 4) is 0 Å². The van der Waals surface area contributed by atoms with Crippen LogP contribution in [0, 0.1) is 11.6 Å². The Hall–Kier alpha value is -2.71. The Morgan fingerprint density at radius 2 is 1.90 bits per heavy atom. The van der Waals surface area contributed by atoms with Gasteiger partial charge in [-0.05, 0) is 29.3 Å². The summed E-state index contributed by atoms with van der Waals surface area (Å²) in [5.41, 5.74) is 0.750. The smallest absolute Gasteiger partial charge is 0.257 e. The molecule has 4 rings (SSSR count). The fourth-order valence-corrected chi connectivity index (χ4v) is 4.14. The minimum atomic E-state index is -0.842. The van der Waals surface area contributed by atoms with Gasteiger partial charge in [0.15, 0.2) is 5.16 Å². The van der Waals surface area contributed by atoms with Crippen molar-refractivity contribution in [1.82, 2.24) is 9.97 Å². The summed E-state index contributed by atoms with van der Waals surface area (Å²) in [5.74, 6) is -2.15. The lowest BCUT2D eigenvalue weighted by Crippen LogP contribution is -2.31. The maximum absolute atomic E-state index is 14.3. The summed E-state index contributed by atoms with van der Waals surface area (Å²) < 4.78 is 27.5. The van der Waals surface area contributed by atoms with Gasteiger partial charge in [0.05, 0.1) is 5.56 Å². The number of nitrogens with one attached hydrogen (secondary N) is 2. The van der Waals surface area contributed by atoms with Crippen LogP contribution < -0.4 is 10.9 Å². The number of carbonyl (C=O) groups excluding carboxylic acids is 1. The zero-order valence-electron chi connectivity index (χ0n) is 14.8. The van der Waals surface area contributed by atoms with Crippen molar-refractivity contribution >= 4 is 35.1 Å². The Kier molecular flexibility index (Phi) is 5.38. The molecule has 0 radical (unpaired) electrons. The van der Waals surface area contributed by atoms with Gasteiger partial charge in [0.25, 0.3) is 5.56 Å². The van der Waals surface area contributed by atoms with Crippen LogP contribution in [0.5, 0.6) is 0 Å². The number of rotatable bonds is 4. The number of anilines is 1. The molecule has 148 valence electrons. The lowest BCUT2D eigenvalue weighted by molar-refractivity contribution is -0.116. The van der Waals surface area contributed by atoms with Gasteiger partial charge >= 0.3 is 0 Å². The van der Waals surface area contributed by atoms with Crippen LogP contribution in [0.3, 0.4) is 0 Å². The van der Waals surface area contributed by atoms with Crippen LogP contribution in [0.15, 0.2) is 52.4 Å². The summed E-state index contributed by atoms with van der Waals surface area (Å²) in [6.07, 6.45) is -0.127. The average molecular weight is 434 g/mol. The minimum Gasteiger partial charge on any atom is -0.310 e. The van der Waals surface area contributed by atoms with Crippen molar-refractivity contribution in [3.05, 3.63) is 86.2 Å². The molecular formula is C20H14ClF2N3O2S. The quantitative estimate of drug-likeness (QED) is 0.470. The molecule has 29 heavy (non-hydrogen) atoms. The Morgan fingerprint density at radius 1 is 1.14 bits per heavy atom. The average Bonchev–Trinajstić information content (AvgIpc) is 2.66. The lowest BCUT2D eigenvalue weighted by Gasteiger charge is -2.24. The van der Waals surface area contributed by atoms with E-state index in [1.165, 1.54) is 17.8 Å². The number of fused-ring (bicyclic) bond motifs is 1. The van der Waals surface area contributed by atoms with Gasteiger partial charge in [-0.1, -0.05) is 41.6 Å². The number of H-pyrrole nitrogens is 1. The minimum absolute atomic E-state index is 0.0800. The van der Waals surface area contributed by atoms with Crippen molar-refractivity contribution in [2.75, 3.05) is 5.32 Å². The van der Waals surface area contributed by atoms with Crippen molar-refractivity contribution in [3.63, 3.8) is 0 Å². The van der Waals surface area contributed by atoms with Gasteiger partial charge < -0.3 is 10.3 Å². The fraction of sp³-hybridized carbons (Fsp3) is 0.150. The number of hydrogen-bond donors (Lipinski definition) is 2. The molecule has 1 aliphatic rings. The van der Waals surface area contributed by atoms with Crippen molar-refractivity contribution in [2.24, 2.45) is 0 Å². The Morgan fingerprint density at radius 3 is 2.62 bits per heavy atom. The largest absolute Gasteiger partial charge is 0.310 e. The highest BCUT2D eigenvalue weighted by atomic mass is 35.5. The van der Waals surface area contributed by atoms with E-state index in [0.29, 0.717) is 15.9 Å². The van der Waals surface area contributed by atoms with Gasteiger partial charge in [-0.2, -0.15) is 0 Å². The Balaban J connectivity index is 1.66. The Bertz CT molecular complexity index is 1150. The summed E-state index contributed by atoms with van der Waals surface area (Å²) >= 11 is 7.16. The van der Waals surface area contributed by atoms with E-state index in [9.17, 15) is 18.4 Å². The molecule has 3 aromatic rings. The Labute approximate surface area is 173 Å². The maximum atomic E-state index is 14.3. The maximum Gasteiger partial charge on any atom is 0.257 e. The number of nitrogens with zero attached hydrogens (tertiary/aromatic N) is 1. The van der Waals surface area contributed by atoms with E-state index >= 15 is 0 Å². The molecule has 2 N–H and O–H groups in total. The highest BCUT2D eigenvalue weighted by Crippen LogP contribution is 2.36. The van der Waals surface area contributed by atoms with Gasteiger partial charge in [0.1, 0.15) is 17.5 Å². The number of amides is 1. The fourth-order valence-electron chi connectivity index (χ4n) is 3.20. The molecule has 1 atom stereocenters. The summed E-state index contributed by atoms with van der Waals surface area (Å²) in [6, 6.07) is 10.3. The lowest BCUT2D eigenvalue weighted by atomic mass is 9.86. The summed E-state index contributed by atoms with van der Waals surface area (Å²) in [4.78, 5) is 31.9. The number of benzene rings is 2. The molecule has 0 fully saturated rings. The zero-order chi connectivity index (χ0) is 20.5. The van der Waals surface area contributed by atoms with Crippen molar-refractivity contribution < 1.29 is 13.6 Å². The van der Waals surface area contributed by atoms with E-state index in [4.69, 9.17) is 11.6 Å². The van der Waals surface area contributed by atoms with Gasteiger partial charge in [-0.25, -0.2) is 13.8 Å². The summed E-state index contributed by atoms with van der Waals surface area (Å²) in [6.45, 7) is 0. The molecule has 0 saturated heterocycles. The molecule has 2 heterocycles. The third-order valence-electron chi connectivity index (χ3n) is 4.56. The molecule has 5 nitrogen and oxygen atoms in total. The first-order valence-corrected chi connectivity index (χ1v) is 10.0. The molecule has 0 bridgehead atoms. The SMILES string of the molecule is O=C1C[C@@H](c2ccc(F)cc2F)c2c(nc(SCc3ccc(Cl)cc3)[nH]c2=O)N1. The molecular weight excluding hydrogens is 420 g/mol. The van der Waals surface area contributed by atoms with Crippen LogP contribution in [0.25, 0.3) is 0 Å². The van der Waals surface area contributed by atoms with E-state index in [1.807, 2.05) is 12.1 Å². The standard InChI is InChI=1S/C20H14ClF2N3O2S/c21-11-3-1-10(2-4-11)9-29-20-25-18-17(19(28)26-20)14(8-16(27)24-18)13-6-5-12(22)7-15(13)23/h1-7,14H,8-9H2,(H2,24,25,26,27,28)/t14-/m0/s1. The van der Waals surface area contributed by atoms with Crippen LogP contribution in [0.2, 0.25) is 5.02 Å². The highest BCUT2D eigenvalue weighted by Gasteiger charge is 2.32. The molecule has 1 amide bonds. The van der Waals surface area contributed by atoms with E-state index < -0.39 is 29.0 Å². The summed E-state index contributed by atoms with van der Waals surface area (Å²) in [5, 5.41) is 3.53. The predicted molar refractivity (Wildman–Crippen MR) is 107 cm³/mol. The second-order valence-corrected chi connectivity index (χ2v) is 7.92. The number of aromatic amines is 1. The van der Waals surface area contributed by atoms with E-state index in [0.717, 1.165) is 17.7 Å². The van der Waals surface area contributed by atoms with Crippen molar-refractivity contribution in [1.29, 1.82) is 0 Å². The van der Waals surface area contributed by atoms with Crippen LogP contribution in [0.4, 0.5) is 14.6 Å². The normalized spacial score (nSPS) is 15.7. The molecule has 0 unspecified atom stereocenters. The van der Waals surface area contributed by atoms with Crippen LogP contribution in [-0.4, -0.2) is 15.9 Å². The van der Waals surface area contributed by atoms with Crippen LogP contribution in [0.1, 0.15) is 29.0 Å². The summed E-state index contributed by atoms with van der Waals surface area (Å²) in [7, 11) is 0. The van der Waals surface area contributed by atoms with Gasteiger partial charge in [0, 0.05) is 29.2 Å². The molecule has 0 aliphatic carbocycles. The zero-order valence-corrected chi connectivity index (χ0v) is 16.4. The van der Waals surface area contributed by atoms with Gasteiger partial charge in [-0.15, -0.1) is 0 Å². The molecule has 0 spiro atoms. The topological polar surface area (TPSA) is 74.8 Å². The highest BCUT2D eigenvalue weighted by molar-refractivity contribution is 7.98. The third-order valence-corrected chi connectivity index (χ3v) is 5.75. The van der Waals surface area contributed by atoms with E-state index in [2.05, 4.69) is 15.3 Å². The van der Waals surface area contributed by atoms with Crippen molar-refractivity contribution in [2.45, 2.75) is 23.2 Å².